The third-order valence-electron chi connectivity index (χ3n) is 3.73. The van der Waals surface area contributed by atoms with Gasteiger partial charge in [0.15, 0.2) is 6.61 Å². The highest BCUT2D eigenvalue weighted by atomic mass is 32.2. The molecule has 1 aliphatic rings. The first-order chi connectivity index (χ1) is 11.6. The second kappa shape index (κ2) is 6.97. The average Bonchev–Trinajstić information content (AvgIpc) is 2.59. The van der Waals surface area contributed by atoms with E-state index in [0.717, 1.165) is 21.9 Å². The number of anilines is 1. The zero-order valence-corrected chi connectivity index (χ0v) is 14.0. The van der Waals surface area contributed by atoms with Crippen LogP contribution in [0.5, 0.6) is 5.75 Å². The Balaban J connectivity index is 1.67. The first-order valence-corrected chi connectivity index (χ1v) is 8.54. The molecule has 0 radical (unpaired) electrons. The Bertz CT molecular complexity index is 790. The van der Waals surface area contributed by atoms with Gasteiger partial charge in [-0.3, -0.25) is 4.79 Å². The predicted molar refractivity (Wildman–Crippen MR) is 92.6 cm³/mol. The van der Waals surface area contributed by atoms with E-state index in [1.807, 2.05) is 31.2 Å². The number of nitrogens with zero attached hydrogens (tertiary/aromatic N) is 1. The number of hydrogen-bond donors (Lipinski definition) is 1. The van der Waals surface area contributed by atoms with Gasteiger partial charge in [0, 0.05) is 17.2 Å². The van der Waals surface area contributed by atoms with Gasteiger partial charge in [0.2, 0.25) is 0 Å². The van der Waals surface area contributed by atoms with E-state index >= 15 is 0 Å². The Morgan fingerprint density at radius 1 is 1.25 bits per heavy atom. The Morgan fingerprint density at radius 3 is 2.83 bits per heavy atom. The van der Waals surface area contributed by atoms with E-state index in [0.29, 0.717) is 6.54 Å². The Kier molecular flexibility index (Phi) is 4.76. The molecule has 2 aromatic rings. The lowest BCUT2D eigenvalue weighted by Gasteiger charge is -2.28. The summed E-state index contributed by atoms with van der Waals surface area (Å²) in [6, 6.07) is 12.3. The van der Waals surface area contributed by atoms with Crippen LogP contribution in [0.15, 0.2) is 47.4 Å². The van der Waals surface area contributed by atoms with Crippen molar-refractivity contribution in [3.63, 3.8) is 0 Å². The SMILES string of the molecule is Cc1ccc(C(=O)OCC(=O)N2CCSc3ccccc32)c(O)c1. The van der Waals surface area contributed by atoms with E-state index in [1.54, 1.807) is 22.7 Å². The molecule has 1 aliphatic heterocycles. The molecule has 0 fully saturated rings. The number of aromatic hydroxyl groups is 1. The maximum Gasteiger partial charge on any atom is 0.342 e. The molecule has 24 heavy (non-hydrogen) atoms. The summed E-state index contributed by atoms with van der Waals surface area (Å²) in [5.41, 5.74) is 1.73. The lowest BCUT2D eigenvalue weighted by atomic mass is 10.1. The summed E-state index contributed by atoms with van der Waals surface area (Å²) in [4.78, 5) is 27.1. The largest absolute Gasteiger partial charge is 0.507 e. The lowest BCUT2D eigenvalue weighted by Crippen LogP contribution is -2.38. The first kappa shape index (κ1) is 16.4. The molecule has 1 heterocycles. The van der Waals surface area contributed by atoms with Crippen LogP contribution in [0.4, 0.5) is 5.69 Å². The highest BCUT2D eigenvalue weighted by Crippen LogP contribution is 2.34. The van der Waals surface area contributed by atoms with Crippen LogP contribution in [0.2, 0.25) is 0 Å². The number of esters is 1. The molecule has 124 valence electrons. The van der Waals surface area contributed by atoms with Gasteiger partial charge in [0.05, 0.1) is 5.69 Å². The molecule has 6 heteroatoms. The average molecular weight is 343 g/mol. The lowest BCUT2D eigenvalue weighted by molar-refractivity contribution is -0.121. The summed E-state index contributed by atoms with van der Waals surface area (Å²) in [5, 5.41) is 9.81. The van der Waals surface area contributed by atoms with Gasteiger partial charge in [-0.2, -0.15) is 0 Å². The molecule has 0 saturated heterocycles. The van der Waals surface area contributed by atoms with Crippen LogP contribution in [-0.4, -0.2) is 35.9 Å². The number of carbonyl (C=O) groups excluding carboxylic acids is 2. The molecule has 2 aromatic carbocycles. The molecule has 1 N–H and O–H groups in total. The Labute approximate surface area is 144 Å². The van der Waals surface area contributed by atoms with Crippen molar-refractivity contribution in [1.29, 1.82) is 0 Å². The maximum atomic E-state index is 12.4. The quantitative estimate of drug-likeness (QED) is 0.868. The van der Waals surface area contributed by atoms with E-state index < -0.39 is 5.97 Å². The van der Waals surface area contributed by atoms with Crippen molar-refractivity contribution < 1.29 is 19.4 Å². The van der Waals surface area contributed by atoms with Crippen molar-refractivity contribution in [2.45, 2.75) is 11.8 Å². The van der Waals surface area contributed by atoms with Crippen LogP contribution in [0, 0.1) is 6.92 Å². The smallest absolute Gasteiger partial charge is 0.342 e. The molecular formula is C18H17NO4S. The number of benzene rings is 2. The highest BCUT2D eigenvalue weighted by molar-refractivity contribution is 7.99. The van der Waals surface area contributed by atoms with Gasteiger partial charge in [0.25, 0.3) is 5.91 Å². The fraction of sp³-hybridized carbons (Fsp3) is 0.222. The first-order valence-electron chi connectivity index (χ1n) is 7.55. The minimum absolute atomic E-state index is 0.0583. The van der Waals surface area contributed by atoms with Gasteiger partial charge in [-0.05, 0) is 36.8 Å². The van der Waals surface area contributed by atoms with Gasteiger partial charge in [-0.1, -0.05) is 18.2 Å². The Hall–Kier alpha value is -2.47. The number of ether oxygens (including phenoxy) is 1. The highest BCUT2D eigenvalue weighted by Gasteiger charge is 2.24. The van der Waals surface area contributed by atoms with Crippen LogP contribution >= 0.6 is 11.8 Å². The van der Waals surface area contributed by atoms with Crippen LogP contribution in [-0.2, 0) is 9.53 Å². The molecule has 0 aromatic heterocycles. The van der Waals surface area contributed by atoms with Gasteiger partial charge in [0.1, 0.15) is 11.3 Å². The normalized spacial score (nSPS) is 13.3. The van der Waals surface area contributed by atoms with Crippen LogP contribution in [0.25, 0.3) is 0 Å². The van der Waals surface area contributed by atoms with Crippen LogP contribution in [0.1, 0.15) is 15.9 Å². The standard InChI is InChI=1S/C18H17NO4S/c1-12-6-7-13(15(20)10-12)18(22)23-11-17(21)19-8-9-24-16-5-3-2-4-14(16)19/h2-7,10,20H,8-9,11H2,1H3. The topological polar surface area (TPSA) is 66.8 Å². The van der Waals surface area contributed by atoms with Crippen molar-refractivity contribution in [1.82, 2.24) is 0 Å². The molecule has 0 unspecified atom stereocenters. The third-order valence-corrected chi connectivity index (χ3v) is 4.77. The van der Waals surface area contributed by atoms with E-state index in [-0.39, 0.29) is 23.8 Å². The van der Waals surface area contributed by atoms with Crippen LogP contribution in [0.3, 0.4) is 0 Å². The molecule has 0 spiro atoms. The number of amides is 1. The van der Waals surface area contributed by atoms with Crippen LogP contribution < -0.4 is 4.90 Å². The number of thioether (sulfide) groups is 1. The second-order valence-electron chi connectivity index (χ2n) is 5.46. The number of hydrogen-bond acceptors (Lipinski definition) is 5. The predicted octanol–water partition coefficient (Wildman–Crippen LogP) is 3.00. The van der Waals surface area contributed by atoms with Gasteiger partial charge < -0.3 is 14.7 Å². The van der Waals surface area contributed by atoms with Crippen molar-refractivity contribution in [2.75, 3.05) is 23.8 Å². The van der Waals surface area contributed by atoms with Crippen molar-refractivity contribution in [2.24, 2.45) is 0 Å². The molecule has 5 nitrogen and oxygen atoms in total. The molecule has 1 amide bonds. The van der Waals surface area contributed by atoms with E-state index in [1.165, 1.54) is 12.1 Å². The van der Waals surface area contributed by atoms with E-state index in [2.05, 4.69) is 0 Å². The van der Waals surface area contributed by atoms with E-state index in [4.69, 9.17) is 4.74 Å². The number of rotatable bonds is 3. The fourth-order valence-corrected chi connectivity index (χ4v) is 3.52. The zero-order chi connectivity index (χ0) is 17.1. The van der Waals surface area contributed by atoms with Gasteiger partial charge >= 0.3 is 5.97 Å². The summed E-state index contributed by atoms with van der Waals surface area (Å²) in [6.45, 7) is 2.03. The fourth-order valence-electron chi connectivity index (χ4n) is 2.53. The molecule has 3 rings (SSSR count). The van der Waals surface area contributed by atoms with Crippen molar-refractivity contribution in [3.05, 3.63) is 53.6 Å². The zero-order valence-electron chi connectivity index (χ0n) is 13.2. The number of phenolic OH excluding ortho intramolecular Hbond substituents is 1. The van der Waals surface area contributed by atoms with Gasteiger partial charge in [-0.25, -0.2) is 4.79 Å². The maximum absolute atomic E-state index is 12.4. The number of carbonyl (C=O) groups is 2. The van der Waals surface area contributed by atoms with Crippen molar-refractivity contribution in [3.8, 4) is 5.75 Å². The summed E-state index contributed by atoms with van der Waals surface area (Å²) in [6.07, 6.45) is 0. The monoisotopic (exact) mass is 343 g/mol. The molecule has 0 saturated carbocycles. The second-order valence-corrected chi connectivity index (χ2v) is 6.60. The van der Waals surface area contributed by atoms with E-state index in [9.17, 15) is 14.7 Å². The molecular weight excluding hydrogens is 326 g/mol. The minimum Gasteiger partial charge on any atom is -0.507 e. The summed E-state index contributed by atoms with van der Waals surface area (Å²) >= 11 is 1.70. The third kappa shape index (κ3) is 3.38. The van der Waals surface area contributed by atoms with Crippen molar-refractivity contribution >= 4 is 29.3 Å². The number of phenols is 1. The number of para-hydroxylation sites is 1. The number of fused-ring (bicyclic) bond motifs is 1. The minimum atomic E-state index is -0.708. The van der Waals surface area contributed by atoms with Gasteiger partial charge in [-0.15, -0.1) is 11.8 Å². The summed E-state index contributed by atoms with van der Waals surface area (Å²) in [7, 11) is 0. The Morgan fingerprint density at radius 2 is 2.04 bits per heavy atom. The molecule has 0 aliphatic carbocycles. The number of aryl methyl sites for hydroxylation is 1. The molecule has 0 bridgehead atoms. The summed E-state index contributed by atoms with van der Waals surface area (Å²) < 4.78 is 5.08. The molecule has 0 atom stereocenters. The summed E-state index contributed by atoms with van der Waals surface area (Å²) in [5.74, 6) is -0.328.